The highest BCUT2D eigenvalue weighted by atomic mass is 35.5. The molecule has 1 aromatic carbocycles. The van der Waals surface area contributed by atoms with Crippen molar-refractivity contribution in [1.29, 1.82) is 0 Å². The number of nitrogens with zero attached hydrogens (tertiary/aromatic N) is 1. The van der Waals surface area contributed by atoms with Crippen LogP contribution in [0.1, 0.15) is 24.5 Å². The largest absolute Gasteiger partial charge is 0.389 e. The standard InChI is InChI=1S/C14H19ClN2S/c1-9-5-12(9)8-17(2)7-11-4-3-10(14(16)18)6-13(11)15/h3-4,6,9,12H,5,7-8H2,1-2H3,(H2,16,18). The van der Waals surface area contributed by atoms with Gasteiger partial charge in [0.15, 0.2) is 0 Å². The Morgan fingerprint density at radius 1 is 1.56 bits per heavy atom. The first-order valence-electron chi connectivity index (χ1n) is 6.24. The van der Waals surface area contributed by atoms with Gasteiger partial charge in [-0.1, -0.05) is 42.9 Å². The highest BCUT2D eigenvalue weighted by molar-refractivity contribution is 7.80. The Balaban J connectivity index is 1.98. The summed E-state index contributed by atoms with van der Waals surface area (Å²) in [5.41, 5.74) is 7.55. The van der Waals surface area contributed by atoms with Crippen molar-refractivity contribution in [3.8, 4) is 0 Å². The lowest BCUT2D eigenvalue weighted by Crippen LogP contribution is -2.21. The molecule has 1 saturated carbocycles. The Bertz CT molecular complexity index is 461. The van der Waals surface area contributed by atoms with Gasteiger partial charge in [0.1, 0.15) is 4.99 Å². The Morgan fingerprint density at radius 3 is 2.72 bits per heavy atom. The van der Waals surface area contributed by atoms with E-state index in [0.717, 1.165) is 41.1 Å². The van der Waals surface area contributed by atoms with Crippen molar-refractivity contribution in [3.63, 3.8) is 0 Å². The van der Waals surface area contributed by atoms with Crippen molar-refractivity contribution in [2.45, 2.75) is 19.9 Å². The minimum absolute atomic E-state index is 0.392. The van der Waals surface area contributed by atoms with E-state index in [1.807, 2.05) is 18.2 Å². The van der Waals surface area contributed by atoms with Crippen LogP contribution in [0.3, 0.4) is 0 Å². The van der Waals surface area contributed by atoms with Crippen LogP contribution in [-0.4, -0.2) is 23.5 Å². The van der Waals surface area contributed by atoms with E-state index in [2.05, 4.69) is 18.9 Å². The SMILES string of the molecule is CC1CC1CN(C)Cc1ccc(C(N)=S)cc1Cl. The highest BCUT2D eigenvalue weighted by Crippen LogP contribution is 2.38. The molecule has 1 fully saturated rings. The summed E-state index contributed by atoms with van der Waals surface area (Å²) in [7, 11) is 2.14. The molecule has 0 heterocycles. The van der Waals surface area contributed by atoms with Crippen LogP contribution < -0.4 is 5.73 Å². The number of nitrogens with two attached hydrogens (primary N) is 1. The summed E-state index contributed by atoms with van der Waals surface area (Å²) >= 11 is 11.2. The Morgan fingerprint density at radius 2 is 2.22 bits per heavy atom. The van der Waals surface area contributed by atoms with Gasteiger partial charge >= 0.3 is 0 Å². The number of hydrogen-bond donors (Lipinski definition) is 1. The smallest absolute Gasteiger partial charge is 0.104 e. The van der Waals surface area contributed by atoms with Gasteiger partial charge in [0.25, 0.3) is 0 Å². The summed E-state index contributed by atoms with van der Waals surface area (Å²) in [5, 5.41) is 0.746. The summed E-state index contributed by atoms with van der Waals surface area (Å²) in [6.45, 7) is 4.33. The third-order valence-electron chi connectivity index (χ3n) is 3.60. The highest BCUT2D eigenvalue weighted by Gasteiger charge is 2.33. The van der Waals surface area contributed by atoms with Gasteiger partial charge in [0, 0.05) is 23.7 Å². The Hall–Kier alpha value is -0.640. The molecule has 0 amide bonds. The molecule has 0 saturated heterocycles. The van der Waals surface area contributed by atoms with Crippen LogP contribution in [0.5, 0.6) is 0 Å². The normalized spacial score (nSPS) is 22.2. The molecule has 0 aromatic heterocycles. The molecular weight excluding hydrogens is 264 g/mol. The lowest BCUT2D eigenvalue weighted by molar-refractivity contribution is 0.307. The molecule has 2 N–H and O–H groups in total. The molecule has 18 heavy (non-hydrogen) atoms. The summed E-state index contributed by atoms with van der Waals surface area (Å²) < 4.78 is 0. The Kier molecular flexibility index (Phi) is 4.25. The molecule has 2 unspecified atom stereocenters. The molecule has 2 rings (SSSR count). The van der Waals surface area contributed by atoms with Crippen molar-refractivity contribution >= 4 is 28.8 Å². The summed E-state index contributed by atoms with van der Waals surface area (Å²) in [6.07, 6.45) is 1.36. The third kappa shape index (κ3) is 3.44. The molecule has 0 aliphatic heterocycles. The predicted octanol–water partition coefficient (Wildman–Crippen LogP) is 3.06. The quantitative estimate of drug-likeness (QED) is 0.842. The first-order valence-corrected chi connectivity index (χ1v) is 7.02. The van der Waals surface area contributed by atoms with Gasteiger partial charge < -0.3 is 10.6 Å². The molecule has 0 bridgehead atoms. The zero-order valence-corrected chi connectivity index (χ0v) is 12.4. The zero-order valence-electron chi connectivity index (χ0n) is 10.8. The van der Waals surface area contributed by atoms with Crippen molar-refractivity contribution in [2.75, 3.05) is 13.6 Å². The number of thiocarbonyl (C=S) groups is 1. The average Bonchev–Trinajstić information content (AvgIpc) is 2.96. The first kappa shape index (κ1) is 13.8. The topological polar surface area (TPSA) is 29.3 Å². The number of hydrogen-bond acceptors (Lipinski definition) is 2. The number of rotatable bonds is 5. The van der Waals surface area contributed by atoms with E-state index >= 15 is 0 Å². The van der Waals surface area contributed by atoms with Crippen molar-refractivity contribution in [3.05, 3.63) is 34.3 Å². The van der Waals surface area contributed by atoms with E-state index < -0.39 is 0 Å². The van der Waals surface area contributed by atoms with Crippen molar-refractivity contribution < 1.29 is 0 Å². The van der Waals surface area contributed by atoms with Crippen LogP contribution in [0.2, 0.25) is 5.02 Å². The fourth-order valence-corrected chi connectivity index (χ4v) is 2.61. The number of halogens is 1. The predicted molar refractivity (Wildman–Crippen MR) is 80.9 cm³/mol. The molecule has 1 aliphatic rings. The monoisotopic (exact) mass is 282 g/mol. The summed E-state index contributed by atoms with van der Waals surface area (Å²) in [5.74, 6) is 1.75. The van der Waals surface area contributed by atoms with E-state index in [9.17, 15) is 0 Å². The van der Waals surface area contributed by atoms with E-state index in [1.165, 1.54) is 6.42 Å². The molecular formula is C14H19ClN2S. The second-order valence-corrected chi connectivity index (χ2v) is 6.19. The molecule has 1 aromatic rings. The van der Waals surface area contributed by atoms with Crippen LogP contribution >= 0.6 is 23.8 Å². The van der Waals surface area contributed by atoms with Crippen molar-refractivity contribution in [1.82, 2.24) is 4.90 Å². The van der Waals surface area contributed by atoms with Crippen LogP contribution in [0.25, 0.3) is 0 Å². The summed E-state index contributed by atoms with van der Waals surface area (Å²) in [4.78, 5) is 2.72. The van der Waals surface area contributed by atoms with Crippen LogP contribution in [-0.2, 0) is 6.54 Å². The third-order valence-corrected chi connectivity index (χ3v) is 4.19. The van der Waals surface area contributed by atoms with Gasteiger partial charge in [-0.05, 0) is 36.9 Å². The Labute approximate surface area is 119 Å². The van der Waals surface area contributed by atoms with Crippen molar-refractivity contribution in [2.24, 2.45) is 17.6 Å². The minimum Gasteiger partial charge on any atom is -0.389 e. The molecule has 98 valence electrons. The van der Waals surface area contributed by atoms with Gasteiger partial charge in [0.05, 0.1) is 0 Å². The molecule has 0 radical (unpaired) electrons. The van der Waals surface area contributed by atoms with Gasteiger partial charge in [-0.15, -0.1) is 0 Å². The molecule has 2 nitrogen and oxygen atoms in total. The van der Waals surface area contributed by atoms with Crippen LogP contribution in [0.4, 0.5) is 0 Å². The average molecular weight is 283 g/mol. The van der Waals surface area contributed by atoms with Gasteiger partial charge in [-0.2, -0.15) is 0 Å². The molecule has 0 spiro atoms. The maximum absolute atomic E-state index is 6.26. The van der Waals surface area contributed by atoms with Crippen LogP contribution in [0, 0.1) is 11.8 Å². The molecule has 1 aliphatic carbocycles. The zero-order chi connectivity index (χ0) is 13.3. The summed E-state index contributed by atoms with van der Waals surface area (Å²) in [6, 6.07) is 5.81. The van der Waals surface area contributed by atoms with Gasteiger partial charge in [-0.25, -0.2) is 0 Å². The van der Waals surface area contributed by atoms with E-state index in [-0.39, 0.29) is 0 Å². The first-order chi connectivity index (χ1) is 8.47. The van der Waals surface area contributed by atoms with E-state index in [0.29, 0.717) is 4.99 Å². The lowest BCUT2D eigenvalue weighted by atomic mass is 10.1. The lowest BCUT2D eigenvalue weighted by Gasteiger charge is -2.17. The van der Waals surface area contributed by atoms with E-state index in [4.69, 9.17) is 29.6 Å². The van der Waals surface area contributed by atoms with E-state index in [1.54, 1.807) is 0 Å². The fraction of sp³-hybridized carbons (Fsp3) is 0.500. The second-order valence-electron chi connectivity index (χ2n) is 5.34. The second kappa shape index (κ2) is 5.55. The van der Waals surface area contributed by atoms with Gasteiger partial charge in [-0.3, -0.25) is 0 Å². The maximum Gasteiger partial charge on any atom is 0.104 e. The minimum atomic E-state index is 0.392. The number of benzene rings is 1. The molecule has 2 atom stereocenters. The molecule has 4 heteroatoms. The van der Waals surface area contributed by atoms with Gasteiger partial charge in [0.2, 0.25) is 0 Å². The maximum atomic E-state index is 6.26. The fourth-order valence-electron chi connectivity index (χ4n) is 2.24. The van der Waals surface area contributed by atoms with Crippen LogP contribution in [0.15, 0.2) is 18.2 Å².